The monoisotopic (exact) mass is 235 g/mol. The second-order valence-electron chi connectivity index (χ2n) is 4.53. The van der Waals surface area contributed by atoms with E-state index in [9.17, 15) is 0 Å². The summed E-state index contributed by atoms with van der Waals surface area (Å²) in [4.78, 5) is 6.67. The van der Waals surface area contributed by atoms with Crippen molar-refractivity contribution in [1.29, 1.82) is 0 Å². The molecule has 1 aliphatic heterocycles. The third-order valence-corrected chi connectivity index (χ3v) is 3.16. The van der Waals surface area contributed by atoms with Crippen LogP contribution in [0, 0.1) is 6.92 Å². The fourth-order valence-electron chi connectivity index (χ4n) is 2.14. The molecule has 1 saturated heterocycles. The summed E-state index contributed by atoms with van der Waals surface area (Å²) in [5.41, 5.74) is 7.62. The van der Waals surface area contributed by atoms with Gasteiger partial charge >= 0.3 is 0 Å². The van der Waals surface area contributed by atoms with E-state index in [1.807, 2.05) is 13.0 Å². The van der Waals surface area contributed by atoms with Gasteiger partial charge in [-0.1, -0.05) is 0 Å². The minimum Gasteiger partial charge on any atom is -0.492 e. The molecule has 17 heavy (non-hydrogen) atoms. The van der Waals surface area contributed by atoms with Gasteiger partial charge in [-0.25, -0.2) is 0 Å². The standard InChI is InChI=1S/C13H21N3O/c1-11-8-13(12(9-14)10-15-11)17-7-6-16-4-2-3-5-16/h8,10H,2-7,9,14H2,1H3. The van der Waals surface area contributed by atoms with E-state index in [2.05, 4.69) is 9.88 Å². The molecule has 0 spiro atoms. The number of rotatable bonds is 5. The lowest BCUT2D eigenvalue weighted by Crippen LogP contribution is -2.25. The molecule has 1 aromatic heterocycles. The third-order valence-electron chi connectivity index (χ3n) is 3.16. The highest BCUT2D eigenvalue weighted by atomic mass is 16.5. The average Bonchev–Trinajstić information content (AvgIpc) is 2.82. The minimum absolute atomic E-state index is 0.478. The molecule has 4 nitrogen and oxygen atoms in total. The van der Waals surface area contributed by atoms with Crippen LogP contribution in [-0.2, 0) is 6.54 Å². The van der Waals surface area contributed by atoms with Crippen LogP contribution in [-0.4, -0.2) is 36.1 Å². The molecule has 2 rings (SSSR count). The highest BCUT2D eigenvalue weighted by Gasteiger charge is 2.11. The molecule has 0 radical (unpaired) electrons. The fourth-order valence-corrected chi connectivity index (χ4v) is 2.14. The molecule has 0 aliphatic carbocycles. The second kappa shape index (κ2) is 5.98. The first-order valence-electron chi connectivity index (χ1n) is 6.30. The molecule has 0 amide bonds. The van der Waals surface area contributed by atoms with Crippen molar-refractivity contribution >= 4 is 0 Å². The van der Waals surface area contributed by atoms with Gasteiger partial charge in [0.25, 0.3) is 0 Å². The Labute approximate surface area is 103 Å². The molecule has 4 heteroatoms. The Bertz CT molecular complexity index is 362. The molecule has 0 bridgehead atoms. The SMILES string of the molecule is Cc1cc(OCCN2CCCC2)c(CN)cn1. The van der Waals surface area contributed by atoms with Gasteiger partial charge in [0.1, 0.15) is 12.4 Å². The van der Waals surface area contributed by atoms with Gasteiger partial charge in [0.15, 0.2) is 0 Å². The summed E-state index contributed by atoms with van der Waals surface area (Å²) >= 11 is 0. The van der Waals surface area contributed by atoms with Gasteiger partial charge in [-0.2, -0.15) is 0 Å². The summed E-state index contributed by atoms with van der Waals surface area (Å²) in [6, 6.07) is 1.96. The quantitative estimate of drug-likeness (QED) is 0.836. The molecule has 2 N–H and O–H groups in total. The molecule has 1 fully saturated rings. The van der Waals surface area contributed by atoms with Crippen LogP contribution in [0.2, 0.25) is 0 Å². The molecule has 1 aliphatic rings. The van der Waals surface area contributed by atoms with E-state index in [-0.39, 0.29) is 0 Å². The molecular formula is C13H21N3O. The maximum Gasteiger partial charge on any atom is 0.127 e. The van der Waals surface area contributed by atoms with Crippen LogP contribution in [0.3, 0.4) is 0 Å². The number of nitrogens with zero attached hydrogens (tertiary/aromatic N) is 2. The molecule has 0 saturated carbocycles. The van der Waals surface area contributed by atoms with Crippen LogP contribution in [0.5, 0.6) is 5.75 Å². The summed E-state index contributed by atoms with van der Waals surface area (Å²) in [6.45, 7) is 6.60. The molecule has 0 atom stereocenters. The van der Waals surface area contributed by atoms with E-state index >= 15 is 0 Å². The maximum absolute atomic E-state index is 5.81. The van der Waals surface area contributed by atoms with Crippen molar-refractivity contribution in [2.45, 2.75) is 26.3 Å². The number of aryl methyl sites for hydroxylation is 1. The Morgan fingerprint density at radius 3 is 2.88 bits per heavy atom. The molecule has 2 heterocycles. The van der Waals surface area contributed by atoms with Crippen molar-refractivity contribution in [3.63, 3.8) is 0 Å². The number of likely N-dealkylation sites (tertiary alicyclic amines) is 1. The summed E-state index contributed by atoms with van der Waals surface area (Å²) in [5.74, 6) is 0.888. The zero-order chi connectivity index (χ0) is 12.1. The van der Waals surface area contributed by atoms with Crippen molar-refractivity contribution < 1.29 is 4.74 Å². The smallest absolute Gasteiger partial charge is 0.127 e. The van der Waals surface area contributed by atoms with E-state index in [1.54, 1.807) is 6.20 Å². The van der Waals surface area contributed by atoms with Gasteiger partial charge in [0, 0.05) is 36.6 Å². The number of aromatic nitrogens is 1. The number of pyridine rings is 1. The van der Waals surface area contributed by atoms with Gasteiger partial charge in [0.05, 0.1) is 0 Å². The number of hydrogen-bond acceptors (Lipinski definition) is 4. The van der Waals surface area contributed by atoms with Gasteiger partial charge in [-0.3, -0.25) is 9.88 Å². The van der Waals surface area contributed by atoms with Crippen LogP contribution < -0.4 is 10.5 Å². The predicted octanol–water partition coefficient (Wildman–Crippen LogP) is 1.32. The van der Waals surface area contributed by atoms with Crippen LogP contribution in [0.15, 0.2) is 12.3 Å². The lowest BCUT2D eigenvalue weighted by molar-refractivity contribution is 0.236. The lowest BCUT2D eigenvalue weighted by atomic mass is 10.2. The molecule has 1 aromatic rings. The minimum atomic E-state index is 0.478. The van der Waals surface area contributed by atoms with Crippen molar-refractivity contribution in [2.75, 3.05) is 26.2 Å². The zero-order valence-corrected chi connectivity index (χ0v) is 10.5. The fraction of sp³-hybridized carbons (Fsp3) is 0.615. The van der Waals surface area contributed by atoms with Gasteiger partial charge < -0.3 is 10.5 Å². The van der Waals surface area contributed by atoms with E-state index in [4.69, 9.17) is 10.5 Å². The summed E-state index contributed by atoms with van der Waals surface area (Å²) < 4.78 is 5.81. The first-order valence-corrected chi connectivity index (χ1v) is 6.30. The molecule has 0 aromatic carbocycles. The van der Waals surface area contributed by atoms with Crippen molar-refractivity contribution in [2.24, 2.45) is 5.73 Å². The first kappa shape index (κ1) is 12.3. The van der Waals surface area contributed by atoms with E-state index in [0.29, 0.717) is 6.54 Å². The summed E-state index contributed by atoms with van der Waals surface area (Å²) in [6.07, 6.45) is 4.45. The Morgan fingerprint density at radius 2 is 2.18 bits per heavy atom. The first-order chi connectivity index (χ1) is 8.29. The van der Waals surface area contributed by atoms with Crippen molar-refractivity contribution in [3.05, 3.63) is 23.5 Å². The normalized spacial score (nSPS) is 16.4. The Hall–Kier alpha value is -1.13. The number of ether oxygens (including phenoxy) is 1. The predicted molar refractivity (Wildman–Crippen MR) is 68.0 cm³/mol. The van der Waals surface area contributed by atoms with E-state index < -0.39 is 0 Å². The Balaban J connectivity index is 1.86. The molecular weight excluding hydrogens is 214 g/mol. The van der Waals surface area contributed by atoms with Gasteiger partial charge in [-0.05, 0) is 32.9 Å². The Morgan fingerprint density at radius 1 is 1.41 bits per heavy atom. The van der Waals surface area contributed by atoms with Gasteiger partial charge in [-0.15, -0.1) is 0 Å². The average molecular weight is 235 g/mol. The maximum atomic E-state index is 5.81. The Kier molecular flexibility index (Phi) is 4.34. The molecule has 0 unspecified atom stereocenters. The highest BCUT2D eigenvalue weighted by molar-refractivity contribution is 5.32. The van der Waals surface area contributed by atoms with Crippen molar-refractivity contribution in [3.8, 4) is 5.75 Å². The van der Waals surface area contributed by atoms with Crippen LogP contribution in [0.4, 0.5) is 0 Å². The summed E-state index contributed by atoms with van der Waals surface area (Å²) in [5, 5.41) is 0. The number of hydrogen-bond donors (Lipinski definition) is 1. The van der Waals surface area contributed by atoms with Crippen LogP contribution >= 0.6 is 0 Å². The van der Waals surface area contributed by atoms with E-state index in [1.165, 1.54) is 25.9 Å². The lowest BCUT2D eigenvalue weighted by Gasteiger charge is -2.16. The largest absolute Gasteiger partial charge is 0.492 e. The third kappa shape index (κ3) is 3.41. The van der Waals surface area contributed by atoms with E-state index in [0.717, 1.165) is 30.2 Å². The number of nitrogens with two attached hydrogens (primary N) is 1. The topological polar surface area (TPSA) is 51.4 Å². The second-order valence-corrected chi connectivity index (χ2v) is 4.53. The molecule has 94 valence electrons. The highest BCUT2D eigenvalue weighted by Crippen LogP contribution is 2.18. The van der Waals surface area contributed by atoms with Crippen LogP contribution in [0.1, 0.15) is 24.1 Å². The summed E-state index contributed by atoms with van der Waals surface area (Å²) in [7, 11) is 0. The van der Waals surface area contributed by atoms with Gasteiger partial charge in [0.2, 0.25) is 0 Å². The van der Waals surface area contributed by atoms with Crippen LogP contribution in [0.25, 0.3) is 0 Å². The van der Waals surface area contributed by atoms with Crippen molar-refractivity contribution in [1.82, 2.24) is 9.88 Å². The zero-order valence-electron chi connectivity index (χ0n) is 10.5.